The first kappa shape index (κ1) is 16.5. The molecular weight excluding hydrogens is 324 g/mol. The van der Waals surface area contributed by atoms with E-state index >= 15 is 0 Å². The van der Waals surface area contributed by atoms with Gasteiger partial charge in [-0.2, -0.15) is 0 Å². The van der Waals surface area contributed by atoms with E-state index in [-0.39, 0.29) is 13.2 Å². The Morgan fingerprint density at radius 2 is 2.08 bits per heavy atom. The van der Waals surface area contributed by atoms with Gasteiger partial charge in [-0.05, 0) is 50.3 Å². The number of halogens is 1. The van der Waals surface area contributed by atoms with Crippen molar-refractivity contribution in [3.05, 3.63) is 23.2 Å². The van der Waals surface area contributed by atoms with Gasteiger partial charge in [-0.25, -0.2) is 0 Å². The van der Waals surface area contributed by atoms with Gasteiger partial charge in [0.25, 0.3) is 0 Å². The Bertz CT molecular complexity index is 591. The molecule has 2 atom stereocenters. The molecule has 0 bridgehead atoms. The van der Waals surface area contributed by atoms with Crippen molar-refractivity contribution in [3.8, 4) is 5.75 Å². The molecule has 3 fully saturated rings. The number of hydrogen-bond acceptors (Lipinski definition) is 4. The minimum absolute atomic E-state index is 0.00213. The smallest absolute Gasteiger partial charge is 0.138 e. The minimum Gasteiger partial charge on any atom is -0.490 e. The van der Waals surface area contributed by atoms with Gasteiger partial charge in [-0.3, -0.25) is 0 Å². The van der Waals surface area contributed by atoms with Crippen LogP contribution < -0.4 is 15.0 Å². The summed E-state index contributed by atoms with van der Waals surface area (Å²) in [6.45, 7) is 1.37. The van der Waals surface area contributed by atoms with Crippen molar-refractivity contribution >= 4 is 17.3 Å². The summed E-state index contributed by atoms with van der Waals surface area (Å²) < 4.78 is 5.50. The Labute approximate surface area is 149 Å². The number of rotatable bonds is 4. The lowest BCUT2D eigenvalue weighted by atomic mass is 9.71. The lowest BCUT2D eigenvalue weighted by molar-refractivity contribution is 0.105. The molecule has 1 heterocycles. The second kappa shape index (κ2) is 6.74. The van der Waals surface area contributed by atoms with E-state index in [0.29, 0.717) is 28.4 Å². The Hall–Kier alpha value is -0.970. The van der Waals surface area contributed by atoms with E-state index in [4.69, 9.17) is 21.4 Å². The van der Waals surface area contributed by atoms with E-state index in [1.54, 1.807) is 0 Å². The minimum atomic E-state index is 0.00213. The fraction of sp³-hybridized carbons (Fsp3) is 0.684. The molecule has 3 aliphatic rings. The van der Waals surface area contributed by atoms with Crippen LogP contribution in [0.5, 0.6) is 5.75 Å². The summed E-state index contributed by atoms with van der Waals surface area (Å²) in [5.74, 6) is 0.656. The Morgan fingerprint density at radius 3 is 2.79 bits per heavy atom. The van der Waals surface area contributed by atoms with Crippen LogP contribution in [-0.2, 0) is 0 Å². The van der Waals surface area contributed by atoms with Crippen molar-refractivity contribution in [1.29, 1.82) is 0 Å². The number of nitrogens with one attached hydrogen (secondary N) is 1. The fourth-order valence-electron chi connectivity index (χ4n) is 4.66. The van der Waals surface area contributed by atoms with Gasteiger partial charge in [0.2, 0.25) is 0 Å². The topological polar surface area (TPSA) is 44.7 Å². The van der Waals surface area contributed by atoms with Gasteiger partial charge in [0, 0.05) is 29.9 Å². The molecular formula is C19H27ClN2O2. The molecule has 5 heteroatoms. The molecule has 2 N–H and O–H groups in total. The van der Waals surface area contributed by atoms with Crippen LogP contribution in [0.15, 0.2) is 18.2 Å². The van der Waals surface area contributed by atoms with Crippen LogP contribution in [0.3, 0.4) is 0 Å². The van der Waals surface area contributed by atoms with Crippen LogP contribution in [0.25, 0.3) is 0 Å². The van der Waals surface area contributed by atoms with E-state index in [1.807, 2.05) is 12.1 Å². The normalized spacial score (nSPS) is 28.3. The highest BCUT2D eigenvalue weighted by molar-refractivity contribution is 6.32. The van der Waals surface area contributed by atoms with Gasteiger partial charge in [-0.15, -0.1) is 0 Å². The van der Waals surface area contributed by atoms with E-state index < -0.39 is 0 Å². The van der Waals surface area contributed by atoms with Gasteiger partial charge in [0.05, 0.1) is 11.6 Å². The van der Waals surface area contributed by atoms with Crippen molar-refractivity contribution in [2.45, 2.75) is 62.6 Å². The Morgan fingerprint density at radius 1 is 1.25 bits per heavy atom. The summed E-state index contributed by atoms with van der Waals surface area (Å²) in [6, 6.07) is 7.29. The third kappa shape index (κ3) is 3.00. The first-order valence-corrected chi connectivity index (χ1v) is 9.66. The summed E-state index contributed by atoms with van der Waals surface area (Å²) in [4.78, 5) is 2.60. The average molecular weight is 351 g/mol. The second-order valence-electron chi connectivity index (χ2n) is 7.55. The molecule has 1 spiro atoms. The summed E-state index contributed by atoms with van der Waals surface area (Å²) in [7, 11) is 0. The first-order valence-electron chi connectivity index (χ1n) is 9.28. The quantitative estimate of drug-likeness (QED) is 0.874. The second-order valence-corrected chi connectivity index (χ2v) is 7.96. The summed E-state index contributed by atoms with van der Waals surface area (Å²) in [5.41, 5.74) is 1.53. The number of nitrogens with zero attached hydrogens (tertiary/aromatic N) is 1. The molecule has 24 heavy (non-hydrogen) atoms. The number of aliphatic hydroxyl groups is 1. The SMILES string of the molecule is OCCOc1ccc(N2CC3(CCC3)N[C@H]3CCCC[C@@H]32)cc1Cl. The molecule has 0 aromatic heterocycles. The molecule has 4 rings (SSSR count). The average Bonchev–Trinajstić information content (AvgIpc) is 2.58. The first-order chi connectivity index (χ1) is 11.7. The zero-order valence-electron chi connectivity index (χ0n) is 14.1. The van der Waals surface area contributed by atoms with Crippen molar-refractivity contribution in [2.75, 3.05) is 24.7 Å². The third-order valence-corrected chi connectivity index (χ3v) is 6.30. The van der Waals surface area contributed by atoms with Crippen LogP contribution in [0.1, 0.15) is 44.9 Å². The Kier molecular flexibility index (Phi) is 4.63. The fourth-order valence-corrected chi connectivity index (χ4v) is 4.89. The standard InChI is InChI=1S/C19H27ClN2O2/c20-15-12-14(6-7-18(15)24-11-10-23)22-13-19(8-3-9-19)21-16-4-1-2-5-17(16)22/h6-7,12,16-17,21,23H,1-5,8-11,13H2/t16-,17-/m0/s1. The molecule has 2 saturated carbocycles. The highest BCUT2D eigenvalue weighted by Gasteiger charge is 2.48. The van der Waals surface area contributed by atoms with E-state index in [9.17, 15) is 0 Å². The highest BCUT2D eigenvalue weighted by atomic mass is 35.5. The van der Waals surface area contributed by atoms with Crippen molar-refractivity contribution in [1.82, 2.24) is 5.32 Å². The molecule has 132 valence electrons. The van der Waals surface area contributed by atoms with Crippen LogP contribution in [0.2, 0.25) is 5.02 Å². The molecule has 0 amide bonds. The lowest BCUT2D eigenvalue weighted by Crippen LogP contribution is -2.72. The molecule has 0 unspecified atom stereocenters. The largest absolute Gasteiger partial charge is 0.490 e. The summed E-state index contributed by atoms with van der Waals surface area (Å²) in [6.07, 6.45) is 9.12. The van der Waals surface area contributed by atoms with Gasteiger partial charge >= 0.3 is 0 Å². The molecule has 2 aliphatic carbocycles. The van der Waals surface area contributed by atoms with Crippen LogP contribution in [0, 0.1) is 0 Å². The van der Waals surface area contributed by atoms with E-state index in [1.165, 1.54) is 50.6 Å². The number of anilines is 1. The van der Waals surface area contributed by atoms with E-state index in [2.05, 4.69) is 16.3 Å². The number of fused-ring (bicyclic) bond motifs is 1. The van der Waals surface area contributed by atoms with Gasteiger partial charge in [0.15, 0.2) is 0 Å². The molecule has 0 radical (unpaired) electrons. The number of piperazine rings is 1. The number of ether oxygens (including phenoxy) is 1. The van der Waals surface area contributed by atoms with Crippen molar-refractivity contribution < 1.29 is 9.84 Å². The third-order valence-electron chi connectivity index (χ3n) is 6.00. The number of aliphatic hydroxyl groups excluding tert-OH is 1. The number of hydrogen-bond donors (Lipinski definition) is 2. The van der Waals surface area contributed by atoms with E-state index in [0.717, 1.165) is 6.54 Å². The van der Waals surface area contributed by atoms with Crippen LogP contribution in [-0.4, -0.2) is 42.5 Å². The monoisotopic (exact) mass is 350 g/mol. The predicted molar refractivity (Wildman–Crippen MR) is 97.1 cm³/mol. The maximum absolute atomic E-state index is 8.91. The summed E-state index contributed by atoms with van der Waals surface area (Å²) in [5, 5.41) is 13.5. The van der Waals surface area contributed by atoms with Crippen LogP contribution >= 0.6 is 11.6 Å². The van der Waals surface area contributed by atoms with Gasteiger partial charge in [0.1, 0.15) is 12.4 Å². The zero-order chi connectivity index (χ0) is 16.6. The summed E-state index contributed by atoms with van der Waals surface area (Å²) >= 11 is 6.43. The molecule has 1 saturated heterocycles. The van der Waals surface area contributed by atoms with Gasteiger partial charge in [-0.1, -0.05) is 24.4 Å². The number of benzene rings is 1. The Balaban J connectivity index is 1.59. The van der Waals surface area contributed by atoms with Crippen LogP contribution in [0.4, 0.5) is 5.69 Å². The molecule has 4 nitrogen and oxygen atoms in total. The zero-order valence-corrected chi connectivity index (χ0v) is 14.9. The lowest BCUT2D eigenvalue weighted by Gasteiger charge is -2.58. The van der Waals surface area contributed by atoms with Gasteiger partial charge < -0.3 is 20.1 Å². The maximum atomic E-state index is 8.91. The molecule has 1 aromatic carbocycles. The van der Waals surface area contributed by atoms with Crippen molar-refractivity contribution in [3.63, 3.8) is 0 Å². The molecule has 1 aromatic rings. The molecule has 1 aliphatic heterocycles. The predicted octanol–water partition coefficient (Wildman–Crippen LogP) is 3.35. The highest BCUT2D eigenvalue weighted by Crippen LogP contribution is 2.42. The van der Waals surface area contributed by atoms with Crippen molar-refractivity contribution in [2.24, 2.45) is 0 Å². The maximum Gasteiger partial charge on any atom is 0.138 e.